The summed E-state index contributed by atoms with van der Waals surface area (Å²) in [4.78, 5) is 12.1. The molecular formula is C16H13ClF6N4O. The average Bonchev–Trinajstić information content (AvgIpc) is 2.53. The first-order valence-electron chi connectivity index (χ1n) is 7.64. The third-order valence-electron chi connectivity index (χ3n) is 3.26. The van der Waals surface area contributed by atoms with Crippen LogP contribution in [0.3, 0.4) is 0 Å². The van der Waals surface area contributed by atoms with E-state index in [1.165, 1.54) is 0 Å². The van der Waals surface area contributed by atoms with Gasteiger partial charge < -0.3 is 10.2 Å². The topological polar surface area (TPSA) is 59.4 Å². The molecule has 0 spiro atoms. The number of nitrogens with zero attached hydrogens (tertiary/aromatic N) is 3. The highest BCUT2D eigenvalue weighted by atomic mass is 35.5. The standard InChI is InChI=1S/C16H13ClF6N4O/c1-6(2)27-28-15-25-13(17)12(11-9(19)4-8(18)5-10(11)20)14(26-15)24-7(3)16(21,22)23/h4-5,7H,1-3H3,(H,24,25,26)/t7-/m0/s1. The first-order valence-corrected chi connectivity index (χ1v) is 8.01. The molecule has 2 rings (SSSR count). The molecule has 0 saturated carbocycles. The maximum atomic E-state index is 14.2. The van der Waals surface area contributed by atoms with Gasteiger partial charge in [0, 0.05) is 12.1 Å². The molecule has 1 aromatic carbocycles. The second-order valence-corrected chi connectivity index (χ2v) is 6.16. The van der Waals surface area contributed by atoms with Gasteiger partial charge in [-0.15, -0.1) is 0 Å². The minimum absolute atomic E-state index is 0.348. The van der Waals surface area contributed by atoms with Crippen LogP contribution in [0.2, 0.25) is 5.15 Å². The molecule has 0 aliphatic heterocycles. The lowest BCUT2D eigenvalue weighted by atomic mass is 10.1. The molecule has 0 unspecified atom stereocenters. The monoisotopic (exact) mass is 426 g/mol. The van der Waals surface area contributed by atoms with E-state index < -0.39 is 57.8 Å². The molecular weight excluding hydrogens is 414 g/mol. The summed E-state index contributed by atoms with van der Waals surface area (Å²) in [6.07, 6.45) is -4.71. The van der Waals surface area contributed by atoms with Gasteiger partial charge in [-0.25, -0.2) is 13.2 Å². The summed E-state index contributed by atoms with van der Waals surface area (Å²) < 4.78 is 80.4. The highest BCUT2D eigenvalue weighted by Gasteiger charge is 2.37. The van der Waals surface area contributed by atoms with Crippen LogP contribution >= 0.6 is 11.6 Å². The van der Waals surface area contributed by atoms with E-state index in [1.54, 1.807) is 13.8 Å². The zero-order valence-electron chi connectivity index (χ0n) is 14.6. The molecule has 0 saturated heterocycles. The number of halogens is 7. The van der Waals surface area contributed by atoms with Gasteiger partial charge >= 0.3 is 12.2 Å². The number of aromatic nitrogens is 2. The highest BCUT2D eigenvalue weighted by Crippen LogP contribution is 2.38. The molecule has 0 aliphatic carbocycles. The third-order valence-corrected chi connectivity index (χ3v) is 3.53. The molecule has 1 aromatic heterocycles. The van der Waals surface area contributed by atoms with Crippen LogP contribution in [0.5, 0.6) is 6.01 Å². The fourth-order valence-corrected chi connectivity index (χ4v) is 2.24. The SMILES string of the molecule is CC(C)=NOc1nc(Cl)c(-c2c(F)cc(F)cc2F)c(N[C@@H](C)C(F)(F)F)n1. The lowest BCUT2D eigenvalue weighted by Gasteiger charge is -2.20. The number of alkyl halides is 3. The van der Waals surface area contributed by atoms with Gasteiger partial charge in [0.1, 0.15) is 34.5 Å². The third kappa shape index (κ3) is 5.03. The van der Waals surface area contributed by atoms with E-state index in [9.17, 15) is 26.3 Å². The Morgan fingerprint density at radius 2 is 1.68 bits per heavy atom. The number of nitrogens with one attached hydrogen (secondary N) is 1. The van der Waals surface area contributed by atoms with Crippen LogP contribution in [0.25, 0.3) is 11.1 Å². The van der Waals surface area contributed by atoms with Crippen LogP contribution in [0.1, 0.15) is 20.8 Å². The van der Waals surface area contributed by atoms with Crippen molar-refractivity contribution in [2.75, 3.05) is 5.32 Å². The summed E-state index contributed by atoms with van der Waals surface area (Å²) in [7, 11) is 0. The Bertz CT molecular complexity index is 892. The zero-order valence-corrected chi connectivity index (χ0v) is 15.4. The number of rotatable bonds is 5. The molecule has 0 aliphatic rings. The molecule has 0 fully saturated rings. The van der Waals surface area contributed by atoms with Crippen molar-refractivity contribution in [2.45, 2.75) is 33.0 Å². The molecule has 0 amide bonds. The number of hydrogen-bond acceptors (Lipinski definition) is 5. The summed E-state index contributed by atoms with van der Waals surface area (Å²) >= 11 is 5.94. The molecule has 152 valence electrons. The molecule has 2 aromatic rings. The number of oxime groups is 1. The molecule has 1 N–H and O–H groups in total. The van der Waals surface area contributed by atoms with Crippen molar-refractivity contribution in [2.24, 2.45) is 5.16 Å². The second kappa shape index (κ2) is 8.21. The summed E-state index contributed by atoms with van der Waals surface area (Å²) in [5.74, 6) is -4.70. The van der Waals surface area contributed by atoms with Crippen LogP contribution < -0.4 is 10.2 Å². The molecule has 1 heterocycles. The lowest BCUT2D eigenvalue weighted by molar-refractivity contribution is -0.138. The lowest BCUT2D eigenvalue weighted by Crippen LogP contribution is -2.33. The zero-order chi connectivity index (χ0) is 21.2. The highest BCUT2D eigenvalue weighted by molar-refractivity contribution is 6.32. The van der Waals surface area contributed by atoms with E-state index in [1.807, 2.05) is 5.32 Å². The van der Waals surface area contributed by atoms with Gasteiger partial charge in [0.05, 0.1) is 16.8 Å². The van der Waals surface area contributed by atoms with E-state index >= 15 is 0 Å². The van der Waals surface area contributed by atoms with Gasteiger partial charge in [-0.1, -0.05) is 16.8 Å². The van der Waals surface area contributed by atoms with E-state index in [0.717, 1.165) is 6.92 Å². The van der Waals surface area contributed by atoms with Gasteiger partial charge in [-0.3, -0.25) is 0 Å². The van der Waals surface area contributed by atoms with E-state index in [2.05, 4.69) is 15.1 Å². The van der Waals surface area contributed by atoms with Crippen molar-refractivity contribution in [1.29, 1.82) is 0 Å². The Balaban J connectivity index is 2.68. The van der Waals surface area contributed by atoms with E-state index in [0.29, 0.717) is 17.8 Å². The van der Waals surface area contributed by atoms with Crippen LogP contribution in [0.15, 0.2) is 17.3 Å². The van der Waals surface area contributed by atoms with Crippen LogP contribution in [-0.2, 0) is 0 Å². The summed E-state index contributed by atoms with van der Waals surface area (Å²) in [6.45, 7) is 3.88. The molecule has 0 bridgehead atoms. The Morgan fingerprint density at radius 3 is 2.18 bits per heavy atom. The van der Waals surface area contributed by atoms with Crippen molar-refractivity contribution < 1.29 is 31.2 Å². The Hall–Kier alpha value is -2.56. The fourth-order valence-electron chi connectivity index (χ4n) is 1.98. The quantitative estimate of drug-likeness (QED) is 0.303. The Kier molecular flexibility index (Phi) is 6.37. The predicted molar refractivity (Wildman–Crippen MR) is 90.9 cm³/mol. The molecule has 12 heteroatoms. The number of benzene rings is 1. The normalized spacial score (nSPS) is 12.5. The van der Waals surface area contributed by atoms with Crippen LogP contribution in [0.4, 0.5) is 32.2 Å². The summed E-state index contributed by atoms with van der Waals surface area (Å²) in [6, 6.07) is -2.04. The molecule has 5 nitrogen and oxygen atoms in total. The van der Waals surface area contributed by atoms with Gasteiger partial charge in [0.2, 0.25) is 0 Å². The minimum Gasteiger partial charge on any atom is -0.358 e. The number of hydrogen-bond donors (Lipinski definition) is 1. The maximum Gasteiger partial charge on any atom is 0.408 e. The van der Waals surface area contributed by atoms with Gasteiger partial charge in [0.15, 0.2) is 0 Å². The van der Waals surface area contributed by atoms with Crippen molar-refractivity contribution in [3.63, 3.8) is 0 Å². The largest absolute Gasteiger partial charge is 0.408 e. The minimum atomic E-state index is -4.71. The fraction of sp³-hybridized carbons (Fsp3) is 0.312. The van der Waals surface area contributed by atoms with Crippen molar-refractivity contribution in [3.05, 3.63) is 34.7 Å². The maximum absolute atomic E-state index is 14.2. The van der Waals surface area contributed by atoms with Gasteiger partial charge in [-0.2, -0.15) is 23.1 Å². The summed E-state index contributed by atoms with van der Waals surface area (Å²) in [5.41, 5.74) is -1.10. The Labute approximate surface area is 160 Å². The Morgan fingerprint density at radius 1 is 1.11 bits per heavy atom. The van der Waals surface area contributed by atoms with Crippen molar-refractivity contribution >= 4 is 23.1 Å². The van der Waals surface area contributed by atoms with Gasteiger partial charge in [0.25, 0.3) is 0 Å². The predicted octanol–water partition coefficient (Wildman–Crippen LogP) is 5.35. The first-order chi connectivity index (χ1) is 12.9. The van der Waals surface area contributed by atoms with Crippen LogP contribution in [0, 0.1) is 17.5 Å². The second-order valence-electron chi connectivity index (χ2n) is 5.80. The summed E-state index contributed by atoms with van der Waals surface area (Å²) in [5, 5.41) is 4.88. The van der Waals surface area contributed by atoms with Crippen molar-refractivity contribution in [1.82, 2.24) is 9.97 Å². The molecule has 1 atom stereocenters. The number of anilines is 1. The smallest absolute Gasteiger partial charge is 0.358 e. The first kappa shape index (κ1) is 21.7. The van der Waals surface area contributed by atoms with Gasteiger partial charge in [-0.05, 0) is 20.8 Å². The molecule has 28 heavy (non-hydrogen) atoms. The van der Waals surface area contributed by atoms with Crippen LogP contribution in [-0.4, -0.2) is 27.9 Å². The molecule has 0 radical (unpaired) electrons. The average molecular weight is 427 g/mol. The van der Waals surface area contributed by atoms with Crippen molar-refractivity contribution in [3.8, 4) is 17.1 Å². The van der Waals surface area contributed by atoms with E-state index in [4.69, 9.17) is 16.4 Å². The van der Waals surface area contributed by atoms with E-state index in [-0.39, 0.29) is 0 Å².